The van der Waals surface area contributed by atoms with E-state index in [9.17, 15) is 103 Å². The quantitative estimate of drug-likeness (QED) is 0.0341. The monoisotopic (exact) mass is 1460 g/mol. The summed E-state index contributed by atoms with van der Waals surface area (Å²) in [4.78, 5) is 25.6. The molecule has 24 atom stereocenters. The predicted octanol–water partition coefficient (Wildman–Crippen LogP) is -11.6. The summed E-state index contributed by atoms with van der Waals surface area (Å²) < 4.78 is 336. The Morgan fingerprint density at radius 3 is 1.15 bits per heavy atom. The molecule has 0 amide bonds. The Morgan fingerprint density at radius 2 is 0.758 bits per heavy atom. The molecule has 0 aromatic heterocycles. The van der Waals surface area contributed by atoms with Crippen molar-refractivity contribution in [3.8, 4) is 0 Å². The second-order valence-electron chi connectivity index (χ2n) is 18.6. The van der Waals surface area contributed by atoms with E-state index in [0.29, 0.717) is 14.2 Å². The van der Waals surface area contributed by atoms with Crippen molar-refractivity contribution in [2.45, 2.75) is 154 Å². The molecule has 0 aromatic rings. The Balaban J connectivity index is 1.87. The highest BCUT2D eigenvalue weighted by molar-refractivity contribution is 7.82. The van der Waals surface area contributed by atoms with Gasteiger partial charge in [0.15, 0.2) is 43.7 Å². The number of hydrogen-bond acceptors (Lipinski definition) is 46. The van der Waals surface area contributed by atoms with Gasteiger partial charge in [0.2, 0.25) is 62.4 Å². The lowest BCUT2D eigenvalue weighted by molar-refractivity contribution is -0.393. The number of hydrogen-bond donors (Lipinski definition) is 1. The summed E-state index contributed by atoms with van der Waals surface area (Å²) in [7, 11) is -27.9. The summed E-state index contributed by atoms with van der Waals surface area (Å²) in [5.41, 5.74) is 0. The second kappa shape index (κ2) is 34.1. The van der Waals surface area contributed by atoms with Crippen LogP contribution in [-0.2, 0) is 178 Å². The van der Waals surface area contributed by atoms with Crippen molar-refractivity contribution in [3.05, 3.63) is 0 Å². The van der Waals surface area contributed by atoms with Crippen molar-refractivity contribution in [1.82, 2.24) is 0 Å². The highest BCUT2D eigenvalue weighted by Crippen LogP contribution is 2.39. The minimum atomic E-state index is -6.46. The summed E-state index contributed by atoms with van der Waals surface area (Å²) >= 11 is 0. The lowest BCUT2D eigenvalue weighted by Crippen LogP contribution is -2.69. The van der Waals surface area contributed by atoms with Gasteiger partial charge in [-0.2, -0.15) is 0 Å². The van der Waals surface area contributed by atoms with Crippen LogP contribution >= 0.6 is 0 Å². The third-order valence-electron chi connectivity index (χ3n) is 13.3. The third-order valence-corrected chi connectivity index (χ3v) is 15.9. The number of carbonyl (C=O) groups is 2. The number of aliphatic hydroxyl groups excluding tert-OH is 1. The number of carboxylic acids is 2. The molecule has 4 aliphatic heterocycles. The molecule has 4 aliphatic rings. The molecule has 4 fully saturated rings. The molecular weight excluding hydrogens is 1400 g/mol. The van der Waals surface area contributed by atoms with Gasteiger partial charge in [-0.25, -0.2) is 50.5 Å². The van der Waals surface area contributed by atoms with Crippen molar-refractivity contribution < 1.29 is 208 Å². The van der Waals surface area contributed by atoms with Crippen LogP contribution in [0, 0.1) is 0 Å². The Bertz CT molecular complexity index is 3030. The third kappa shape index (κ3) is 23.6. The zero-order valence-electron chi connectivity index (χ0n) is 48.0. The lowest BCUT2D eigenvalue weighted by atomic mass is 9.95. The summed E-state index contributed by atoms with van der Waals surface area (Å²) in [6.45, 7) is -4.34. The first kappa shape index (κ1) is 80.9. The van der Waals surface area contributed by atoms with Crippen molar-refractivity contribution in [2.24, 2.45) is 0 Å². The van der Waals surface area contributed by atoms with E-state index in [4.69, 9.17) is 80.5 Å². The topological polar surface area (TPSA) is 656 Å². The lowest BCUT2D eigenvalue weighted by Gasteiger charge is -2.51. The first-order valence-electron chi connectivity index (χ1n) is 24.8. The fourth-order valence-corrected chi connectivity index (χ4v) is 12.2. The van der Waals surface area contributed by atoms with E-state index in [0.717, 1.165) is 49.8 Å². The maximum absolute atomic E-state index is 13.1. The molecule has 4 heterocycles. The Kier molecular flexibility index (Phi) is 30.3. The average molecular weight is 1460 g/mol. The highest BCUT2D eigenvalue weighted by atomic mass is 32.3. The first-order chi connectivity index (χ1) is 42.0. The number of carboxylic acid groups (broad SMARTS) is 2. The molecule has 91 heavy (non-hydrogen) atoms. The SMILES string of the molecule is COC1C(OC)[C@H](OC)[C@H](COS(=O)(=O)[O-])O[C@@H]1O[C@H]1C(OC)C(OC)[C@H](O[C@@H]2C(COS(=O)(=O)[O-])O[C@@H](O[C@@H](CC(=O)[O-])[C@@H](OC)C(OC)[C@@H](O)O[C@H]3C(OC)C(OS(=O)(=O)[O-])[C@@H](OC)O[C@H]3COS(=O)(=O)[O-])C(OS(=O)(=O)[O-])[C@H]2OS(=O)(=O)[O-])O[C@H]1C(=O)[O-]. The molecule has 0 spiro atoms. The normalized spacial score (nSPS) is 34.6. The van der Waals surface area contributed by atoms with Gasteiger partial charge in [-0.15, -0.1) is 0 Å². The zero-order valence-corrected chi connectivity index (χ0v) is 52.9. The van der Waals surface area contributed by atoms with Crippen LogP contribution in [0.15, 0.2) is 0 Å². The summed E-state index contributed by atoms with van der Waals surface area (Å²) in [6.07, 6.45) is -56.9. The van der Waals surface area contributed by atoms with E-state index in [2.05, 4.69) is 25.1 Å². The maximum Gasteiger partial charge on any atom is 0.218 e. The van der Waals surface area contributed by atoms with Crippen LogP contribution in [0.5, 0.6) is 0 Å². The summed E-state index contributed by atoms with van der Waals surface area (Å²) in [5, 5.41) is 37.2. The fourth-order valence-electron chi connectivity index (χ4n) is 9.83. The van der Waals surface area contributed by atoms with Crippen LogP contribution in [0.25, 0.3) is 0 Å². The van der Waals surface area contributed by atoms with Gasteiger partial charge in [-0.05, 0) is 0 Å². The number of ether oxygens (including phenoxy) is 17. The maximum atomic E-state index is 13.1. The molecule has 52 heteroatoms. The Labute approximate surface area is 518 Å². The van der Waals surface area contributed by atoms with Crippen molar-refractivity contribution in [3.63, 3.8) is 0 Å². The van der Waals surface area contributed by atoms with Crippen molar-refractivity contribution in [2.75, 3.05) is 83.8 Å². The molecule has 4 saturated heterocycles. The van der Waals surface area contributed by atoms with Gasteiger partial charge in [0.05, 0.1) is 31.9 Å². The first-order valence-corrected chi connectivity index (χ1v) is 32.8. The summed E-state index contributed by atoms with van der Waals surface area (Å²) in [6, 6.07) is 0. The van der Waals surface area contributed by atoms with Crippen molar-refractivity contribution in [1.29, 1.82) is 0 Å². The van der Waals surface area contributed by atoms with E-state index in [1.165, 1.54) is 0 Å². The minimum Gasteiger partial charge on any atom is -0.726 e. The molecule has 0 bridgehead atoms. The number of aliphatic hydroxyl groups is 1. The average Bonchev–Trinajstić information content (AvgIpc) is 0.774. The fraction of sp³-hybridized carbons (Fsp3) is 0.949. The zero-order chi connectivity index (χ0) is 69.1. The van der Waals surface area contributed by atoms with Gasteiger partial charge >= 0.3 is 0 Å². The highest BCUT2D eigenvalue weighted by Gasteiger charge is 2.59. The minimum absolute atomic E-state index is 0.674. The summed E-state index contributed by atoms with van der Waals surface area (Å²) in [5.74, 6) is -4.52. The number of methoxy groups -OCH3 is 9. The van der Waals surface area contributed by atoms with Gasteiger partial charge < -0.3 is 133 Å². The van der Waals surface area contributed by atoms with Crippen LogP contribution in [0.2, 0.25) is 0 Å². The van der Waals surface area contributed by atoms with Gasteiger partial charge in [-0.1, -0.05) is 0 Å². The second-order valence-corrected chi connectivity index (χ2v) is 24.8. The molecule has 46 nitrogen and oxygen atoms in total. The molecule has 1 N–H and O–H groups in total. The van der Waals surface area contributed by atoms with Gasteiger partial charge in [0.1, 0.15) is 97.7 Å². The number of rotatable bonds is 38. The van der Waals surface area contributed by atoms with Crippen LogP contribution < -0.4 is 10.2 Å². The van der Waals surface area contributed by atoms with E-state index in [1.54, 1.807) is 0 Å². The Hall–Kier alpha value is -2.56. The molecule has 0 aliphatic carbocycles. The molecule has 0 radical (unpaired) electrons. The molecular formula is C39H60O46S6-8. The van der Waals surface area contributed by atoms with Crippen LogP contribution in [0.1, 0.15) is 6.42 Å². The molecule has 536 valence electrons. The molecule has 4 rings (SSSR count). The van der Waals surface area contributed by atoms with Gasteiger partial charge in [-0.3, -0.25) is 25.1 Å². The van der Waals surface area contributed by atoms with E-state index in [1.807, 2.05) is 0 Å². The largest absolute Gasteiger partial charge is 0.726 e. The standard InChI is InChI=1S/C39H68O46S6/c1-63-19(29(68-6)35(44)79-21-16(12-73-87(48,49)50)76-36(71-9)32(24(21)66-4)84-90(57,58)59)14(10-18(40)41)75-39-33(85-91(60,61)62)27(83-89(54,55)56)22(17(78-39)13-74-88(51,52)53)80-38-31(70-8)25(67-5)26(28(82-38)34(42)43)81-37-30(69-7)23(65-3)20(64-2)15(77-37)11-72-86(45,46)47/h14-17,19-33,35-39,44H,10-13H2,1-9H3,(H,40,41)(H,42,43)(H,45,46,47)(H,48,49,50)(H,51,52,53)(H,54,55,56)(H,57,58,59)(H,60,61,62)/p-8/t14-,15-,16-,17?,19+,20+,21+,22+,23?,24?,25?,26-,27-,28+,29?,30?,31?,32?,33?,35-,36-,37+,38+,39+/m0/s1. The van der Waals surface area contributed by atoms with Crippen LogP contribution in [0.3, 0.4) is 0 Å². The van der Waals surface area contributed by atoms with Gasteiger partial charge in [0.25, 0.3) is 0 Å². The number of aliphatic carboxylic acids is 2. The molecule has 0 aromatic carbocycles. The van der Waals surface area contributed by atoms with E-state index < -0.39 is 248 Å². The van der Waals surface area contributed by atoms with E-state index in [-0.39, 0.29) is 0 Å². The van der Waals surface area contributed by atoms with Gasteiger partial charge in [0, 0.05) is 76.4 Å². The van der Waals surface area contributed by atoms with Crippen molar-refractivity contribution >= 4 is 74.3 Å². The molecule has 0 saturated carbocycles. The smallest absolute Gasteiger partial charge is 0.218 e. The van der Waals surface area contributed by atoms with Crippen LogP contribution in [0.4, 0.5) is 0 Å². The van der Waals surface area contributed by atoms with E-state index >= 15 is 0 Å². The van der Waals surface area contributed by atoms with Crippen LogP contribution in [-0.4, -0.2) is 326 Å². The predicted molar refractivity (Wildman–Crippen MR) is 259 cm³/mol. The number of carbonyl (C=O) groups excluding carboxylic acids is 2. The molecule has 9 unspecified atom stereocenters. The Morgan fingerprint density at radius 1 is 0.396 bits per heavy atom.